The maximum atomic E-state index is 5.97. The summed E-state index contributed by atoms with van der Waals surface area (Å²) in [4.78, 5) is 2.30. The largest absolute Gasteiger partial charge is 0.327 e. The highest BCUT2D eigenvalue weighted by Crippen LogP contribution is 2.04. The van der Waals surface area contributed by atoms with E-state index in [0.29, 0.717) is 18.0 Å². The molecule has 0 aromatic carbocycles. The van der Waals surface area contributed by atoms with Crippen molar-refractivity contribution in [3.63, 3.8) is 0 Å². The molecule has 0 spiro atoms. The Morgan fingerprint density at radius 1 is 1.17 bits per heavy atom. The molecule has 0 aliphatic carbocycles. The molecule has 2 heteroatoms. The Morgan fingerprint density at radius 3 is 2.00 bits per heavy atom. The first-order chi connectivity index (χ1) is 5.43. The van der Waals surface area contributed by atoms with Gasteiger partial charge in [0.15, 0.2) is 0 Å². The first-order valence-electron chi connectivity index (χ1n) is 4.89. The molecule has 0 aromatic heterocycles. The Balaban J connectivity index is 3.61. The molecule has 0 unspecified atom stereocenters. The number of likely N-dealkylation sites (N-methyl/N-ethyl adjacent to an activating group) is 1. The molecular weight excluding hydrogens is 148 g/mol. The van der Waals surface area contributed by atoms with Crippen LogP contribution >= 0.6 is 0 Å². The van der Waals surface area contributed by atoms with E-state index in [1.54, 1.807) is 0 Å². The Kier molecular flexibility index (Phi) is 5.51. The van der Waals surface area contributed by atoms with Crippen LogP contribution in [0.2, 0.25) is 0 Å². The molecule has 0 radical (unpaired) electrons. The fourth-order valence-electron chi connectivity index (χ4n) is 1.26. The normalized spacial score (nSPS) is 14.8. The Hall–Kier alpha value is -0.0800. The van der Waals surface area contributed by atoms with Gasteiger partial charge in [0.1, 0.15) is 0 Å². The van der Waals surface area contributed by atoms with Crippen molar-refractivity contribution in [3.8, 4) is 0 Å². The van der Waals surface area contributed by atoms with Crippen molar-refractivity contribution in [2.75, 3.05) is 13.6 Å². The Bertz CT molecular complexity index is 110. The maximum Gasteiger partial charge on any atom is 0.0170 e. The molecule has 0 amide bonds. The molecule has 0 saturated heterocycles. The molecule has 0 aromatic rings. The molecular formula is C10H24N2. The Morgan fingerprint density at radius 2 is 1.67 bits per heavy atom. The summed E-state index contributed by atoms with van der Waals surface area (Å²) in [6.45, 7) is 9.84. The van der Waals surface area contributed by atoms with Crippen LogP contribution in [0.4, 0.5) is 0 Å². The van der Waals surface area contributed by atoms with Crippen molar-refractivity contribution in [1.82, 2.24) is 4.90 Å². The summed E-state index contributed by atoms with van der Waals surface area (Å²) in [6, 6.07) is 0.931. The lowest BCUT2D eigenvalue weighted by atomic mass is 10.0. The minimum absolute atomic E-state index is 0.331. The van der Waals surface area contributed by atoms with Crippen LogP contribution in [0.3, 0.4) is 0 Å². The molecule has 74 valence electrons. The molecule has 1 atom stereocenters. The summed E-state index contributed by atoms with van der Waals surface area (Å²) < 4.78 is 0. The van der Waals surface area contributed by atoms with E-state index >= 15 is 0 Å². The standard InChI is InChI=1S/C10H24N2/c1-8(2)6-10(11)7-12(5)9(3)4/h8-10H,6-7,11H2,1-5H3/t10-/m1/s1. The van der Waals surface area contributed by atoms with Gasteiger partial charge in [-0.1, -0.05) is 13.8 Å². The lowest BCUT2D eigenvalue weighted by Gasteiger charge is -2.25. The quantitative estimate of drug-likeness (QED) is 0.684. The van der Waals surface area contributed by atoms with Crippen LogP contribution in [-0.2, 0) is 0 Å². The second-order valence-corrected chi connectivity index (χ2v) is 4.42. The molecule has 0 rings (SSSR count). The first kappa shape index (κ1) is 11.9. The molecule has 0 bridgehead atoms. The van der Waals surface area contributed by atoms with Crippen molar-refractivity contribution in [2.45, 2.75) is 46.2 Å². The number of hydrogen-bond acceptors (Lipinski definition) is 2. The molecule has 2 N–H and O–H groups in total. The fourth-order valence-corrected chi connectivity index (χ4v) is 1.26. The van der Waals surface area contributed by atoms with Gasteiger partial charge < -0.3 is 10.6 Å². The summed E-state index contributed by atoms with van der Waals surface area (Å²) in [5.41, 5.74) is 5.97. The Labute approximate surface area is 77.1 Å². The number of nitrogens with two attached hydrogens (primary N) is 1. The van der Waals surface area contributed by atoms with E-state index < -0.39 is 0 Å². The molecule has 0 saturated carbocycles. The van der Waals surface area contributed by atoms with E-state index in [2.05, 4.69) is 39.6 Å². The second kappa shape index (κ2) is 5.55. The van der Waals surface area contributed by atoms with Crippen LogP contribution in [0.25, 0.3) is 0 Å². The van der Waals surface area contributed by atoms with Gasteiger partial charge in [0.05, 0.1) is 0 Å². The van der Waals surface area contributed by atoms with Crippen LogP contribution in [0.5, 0.6) is 0 Å². The third-order valence-electron chi connectivity index (χ3n) is 2.18. The highest BCUT2D eigenvalue weighted by molar-refractivity contribution is 4.69. The summed E-state index contributed by atoms with van der Waals surface area (Å²) in [7, 11) is 2.13. The molecule has 0 heterocycles. The van der Waals surface area contributed by atoms with Crippen molar-refractivity contribution >= 4 is 0 Å². The van der Waals surface area contributed by atoms with Gasteiger partial charge in [0.25, 0.3) is 0 Å². The van der Waals surface area contributed by atoms with E-state index in [0.717, 1.165) is 13.0 Å². The monoisotopic (exact) mass is 172 g/mol. The predicted octanol–water partition coefficient (Wildman–Crippen LogP) is 1.70. The lowest BCUT2D eigenvalue weighted by molar-refractivity contribution is 0.246. The topological polar surface area (TPSA) is 29.3 Å². The molecule has 12 heavy (non-hydrogen) atoms. The molecule has 0 aliphatic rings. The second-order valence-electron chi connectivity index (χ2n) is 4.42. The van der Waals surface area contributed by atoms with Crippen LogP contribution in [0.15, 0.2) is 0 Å². The SMILES string of the molecule is CC(C)C[C@@H](N)CN(C)C(C)C. The van der Waals surface area contributed by atoms with Crippen LogP contribution in [0.1, 0.15) is 34.1 Å². The molecule has 0 aliphatic heterocycles. The summed E-state index contributed by atoms with van der Waals surface area (Å²) in [5.74, 6) is 0.709. The minimum Gasteiger partial charge on any atom is -0.327 e. The molecule has 0 fully saturated rings. The minimum atomic E-state index is 0.331. The average Bonchev–Trinajstić information content (AvgIpc) is 1.84. The van der Waals surface area contributed by atoms with Gasteiger partial charge in [-0.15, -0.1) is 0 Å². The lowest BCUT2D eigenvalue weighted by Crippen LogP contribution is -2.39. The zero-order valence-electron chi connectivity index (χ0n) is 9.17. The van der Waals surface area contributed by atoms with Gasteiger partial charge in [-0.3, -0.25) is 0 Å². The van der Waals surface area contributed by atoms with E-state index in [9.17, 15) is 0 Å². The highest BCUT2D eigenvalue weighted by atomic mass is 15.1. The van der Waals surface area contributed by atoms with E-state index in [4.69, 9.17) is 5.73 Å². The summed E-state index contributed by atoms with van der Waals surface area (Å²) >= 11 is 0. The van der Waals surface area contributed by atoms with Crippen LogP contribution in [-0.4, -0.2) is 30.6 Å². The van der Waals surface area contributed by atoms with Crippen molar-refractivity contribution in [2.24, 2.45) is 11.7 Å². The van der Waals surface area contributed by atoms with Crippen LogP contribution < -0.4 is 5.73 Å². The number of rotatable bonds is 5. The van der Waals surface area contributed by atoms with Crippen LogP contribution in [0, 0.1) is 5.92 Å². The number of nitrogens with zero attached hydrogens (tertiary/aromatic N) is 1. The van der Waals surface area contributed by atoms with Gasteiger partial charge in [-0.25, -0.2) is 0 Å². The zero-order chi connectivity index (χ0) is 9.72. The summed E-state index contributed by atoms with van der Waals surface area (Å²) in [5, 5.41) is 0. The van der Waals surface area contributed by atoms with Crippen molar-refractivity contribution in [3.05, 3.63) is 0 Å². The van der Waals surface area contributed by atoms with E-state index in [1.807, 2.05) is 0 Å². The maximum absolute atomic E-state index is 5.97. The zero-order valence-corrected chi connectivity index (χ0v) is 9.17. The van der Waals surface area contributed by atoms with Gasteiger partial charge in [-0.2, -0.15) is 0 Å². The first-order valence-corrected chi connectivity index (χ1v) is 4.89. The van der Waals surface area contributed by atoms with Gasteiger partial charge in [0.2, 0.25) is 0 Å². The molecule has 2 nitrogen and oxygen atoms in total. The third-order valence-corrected chi connectivity index (χ3v) is 2.18. The van der Waals surface area contributed by atoms with E-state index in [-0.39, 0.29) is 0 Å². The predicted molar refractivity (Wildman–Crippen MR) is 55.2 cm³/mol. The van der Waals surface area contributed by atoms with Gasteiger partial charge in [0, 0.05) is 18.6 Å². The van der Waals surface area contributed by atoms with Gasteiger partial charge in [-0.05, 0) is 33.2 Å². The third kappa shape index (κ3) is 5.56. The van der Waals surface area contributed by atoms with Crippen molar-refractivity contribution < 1.29 is 0 Å². The summed E-state index contributed by atoms with van der Waals surface area (Å²) in [6.07, 6.45) is 1.12. The number of hydrogen-bond donors (Lipinski definition) is 1. The average molecular weight is 172 g/mol. The fraction of sp³-hybridized carbons (Fsp3) is 1.00. The van der Waals surface area contributed by atoms with Crippen molar-refractivity contribution in [1.29, 1.82) is 0 Å². The van der Waals surface area contributed by atoms with Gasteiger partial charge >= 0.3 is 0 Å². The van der Waals surface area contributed by atoms with E-state index in [1.165, 1.54) is 0 Å². The smallest absolute Gasteiger partial charge is 0.0170 e. The highest BCUT2D eigenvalue weighted by Gasteiger charge is 2.10.